The van der Waals surface area contributed by atoms with E-state index in [-0.39, 0.29) is 10.8 Å². The van der Waals surface area contributed by atoms with Gasteiger partial charge in [0.25, 0.3) is 0 Å². The third kappa shape index (κ3) is 7.42. The van der Waals surface area contributed by atoms with E-state index in [2.05, 4.69) is 344 Å². The lowest BCUT2D eigenvalue weighted by molar-refractivity contribution is 0.632. The van der Waals surface area contributed by atoms with E-state index < -0.39 is 16.1 Å². The van der Waals surface area contributed by atoms with Crippen LogP contribution in [0.15, 0.2) is 279 Å². The van der Waals surface area contributed by atoms with Crippen LogP contribution in [-0.2, 0) is 10.8 Å². The van der Waals surface area contributed by atoms with Crippen molar-refractivity contribution in [1.29, 1.82) is 0 Å². The van der Waals surface area contributed by atoms with Gasteiger partial charge in [0.05, 0.1) is 22.7 Å². The van der Waals surface area contributed by atoms with E-state index in [1.807, 2.05) is 0 Å². The molecule has 0 aliphatic carbocycles. The standard InChI is InChI=1S/C88H70N2Si2/c1-55-29-39-61(40-30-55)91(62-41-31-56(2)32-42-62)83-27-17-11-21-69(83)73-51-77-81(53-85(73)91)89(79-25-15-13-23-75(79)87(77,5)6)59-37-47-67-68-48-38-60(50-72(68)66-20-10-9-19-65(66)71(67)49-59)90-80-26-16-14-24-76(80)88(7,8)78-52-74-70-22-12-18-28-84(70)92(86(74)54-82(78)90,63-43-33-57(3)34-44-63)64-45-35-58(4)36-46-64/h9-54H,1-8H3. The third-order valence-electron chi connectivity index (χ3n) is 22.0. The van der Waals surface area contributed by atoms with Crippen molar-refractivity contribution in [1.82, 2.24) is 0 Å². The number of rotatable bonds is 6. The zero-order valence-corrected chi connectivity index (χ0v) is 55.5. The third-order valence-corrected chi connectivity index (χ3v) is 31.8. The minimum Gasteiger partial charge on any atom is -0.310 e. The minimum atomic E-state index is -2.86. The maximum absolute atomic E-state index is 2.86. The van der Waals surface area contributed by atoms with Crippen LogP contribution in [0.4, 0.5) is 34.1 Å². The van der Waals surface area contributed by atoms with Crippen LogP contribution in [0.1, 0.15) is 72.2 Å². The summed E-state index contributed by atoms with van der Waals surface area (Å²) in [6.07, 6.45) is 0. The molecule has 0 spiro atoms. The summed E-state index contributed by atoms with van der Waals surface area (Å²) in [6, 6.07) is 110. The van der Waals surface area contributed by atoms with Crippen molar-refractivity contribution >= 4 is 124 Å². The van der Waals surface area contributed by atoms with Crippen molar-refractivity contribution in [2.24, 2.45) is 0 Å². The molecule has 0 saturated heterocycles. The Balaban J connectivity index is 0.845. The van der Waals surface area contributed by atoms with Gasteiger partial charge in [-0.3, -0.25) is 0 Å². The van der Waals surface area contributed by atoms with Crippen molar-refractivity contribution in [2.45, 2.75) is 66.2 Å². The van der Waals surface area contributed by atoms with Crippen molar-refractivity contribution < 1.29 is 0 Å². The molecule has 92 heavy (non-hydrogen) atoms. The van der Waals surface area contributed by atoms with Gasteiger partial charge < -0.3 is 9.80 Å². The van der Waals surface area contributed by atoms with Crippen LogP contribution in [0, 0.1) is 27.7 Å². The number of anilines is 6. The van der Waals surface area contributed by atoms with Crippen LogP contribution in [0.2, 0.25) is 0 Å². The van der Waals surface area contributed by atoms with Gasteiger partial charge in [-0.15, -0.1) is 0 Å². The van der Waals surface area contributed by atoms with Crippen molar-refractivity contribution in [3.63, 3.8) is 0 Å². The molecule has 4 aliphatic heterocycles. The number of fused-ring (bicyclic) bond motifs is 16. The average Bonchev–Trinajstić information content (AvgIpc) is 1.45. The Morgan fingerprint density at radius 2 is 0.554 bits per heavy atom. The fourth-order valence-corrected chi connectivity index (χ4v) is 27.8. The lowest BCUT2D eigenvalue weighted by Crippen LogP contribution is -2.72. The molecule has 18 rings (SSSR count). The molecule has 0 aromatic heterocycles. The van der Waals surface area contributed by atoms with Crippen LogP contribution in [-0.4, -0.2) is 16.1 Å². The van der Waals surface area contributed by atoms with Gasteiger partial charge in [0.2, 0.25) is 0 Å². The van der Waals surface area contributed by atoms with E-state index in [9.17, 15) is 0 Å². The Bertz CT molecular complexity index is 4990. The number of nitrogens with zero attached hydrogens (tertiary/aromatic N) is 2. The van der Waals surface area contributed by atoms with Crippen LogP contribution < -0.4 is 51.3 Å². The summed E-state index contributed by atoms with van der Waals surface area (Å²) in [7, 11) is -5.72. The maximum Gasteiger partial charge on any atom is 0.180 e. The molecule has 2 nitrogen and oxygen atoms in total. The van der Waals surface area contributed by atoms with E-state index in [1.165, 1.54) is 163 Å². The van der Waals surface area contributed by atoms with E-state index >= 15 is 0 Å². The van der Waals surface area contributed by atoms with Gasteiger partial charge in [0.15, 0.2) is 16.1 Å². The van der Waals surface area contributed by atoms with Gasteiger partial charge in [0.1, 0.15) is 0 Å². The molecule has 0 bridgehead atoms. The highest BCUT2D eigenvalue weighted by Crippen LogP contribution is 2.56. The van der Waals surface area contributed by atoms with Crippen molar-refractivity contribution in [3.8, 4) is 22.3 Å². The Morgan fingerprint density at radius 3 is 0.924 bits per heavy atom. The summed E-state index contributed by atoms with van der Waals surface area (Å²) in [5, 5.41) is 19.0. The summed E-state index contributed by atoms with van der Waals surface area (Å²) >= 11 is 0. The number of para-hydroxylation sites is 2. The second-order valence-electron chi connectivity index (χ2n) is 27.8. The fraction of sp³-hybridized carbons (Fsp3) is 0.114. The quantitative estimate of drug-likeness (QED) is 0.121. The Labute approximate surface area is 542 Å². The molecule has 0 unspecified atom stereocenters. The van der Waals surface area contributed by atoms with Crippen molar-refractivity contribution in [2.75, 3.05) is 9.80 Å². The SMILES string of the molecule is Cc1ccc([Si]2(c3ccc(C)cc3)c3ccccc3-c3cc4c(cc32)N(c2ccc3c5ccc(N6c7ccccc7C(C)(C)c7cc8c(cc76)[Si](c6ccc(C)cc6)(c6ccc(C)cc6)c6ccccc6-8)cc5c5ccccc5c3c2)c2ccccc2C4(C)C)cc1. The predicted molar refractivity (Wildman–Crippen MR) is 397 cm³/mol. The average molecular weight is 1210 g/mol. The highest BCUT2D eigenvalue weighted by molar-refractivity contribution is 7.23. The second-order valence-corrected chi connectivity index (χ2v) is 35.3. The Kier molecular flexibility index (Phi) is 11.7. The molecule has 14 aromatic carbocycles. The fourth-order valence-electron chi connectivity index (χ4n) is 17.5. The summed E-state index contributed by atoms with van der Waals surface area (Å²) in [6.45, 7) is 18.6. The molecule has 4 aliphatic rings. The van der Waals surface area contributed by atoms with E-state index in [1.54, 1.807) is 0 Å². The molecule has 0 amide bonds. The molecule has 0 radical (unpaired) electrons. The molecule has 440 valence electrons. The molecule has 14 aromatic rings. The maximum atomic E-state index is 2.65. The molecular weight excluding hydrogens is 1140 g/mol. The molecule has 0 saturated carbocycles. The summed E-state index contributed by atoms with van der Waals surface area (Å²) in [5.41, 5.74) is 22.6. The first-order chi connectivity index (χ1) is 44.8. The smallest absolute Gasteiger partial charge is 0.180 e. The first kappa shape index (κ1) is 54.8. The molecule has 0 N–H and O–H groups in total. The first-order valence-corrected chi connectivity index (χ1v) is 36.8. The molecule has 0 fully saturated rings. The normalized spacial score (nSPS) is 15.5. The van der Waals surface area contributed by atoms with Crippen LogP contribution in [0.25, 0.3) is 54.6 Å². The molecule has 0 atom stereocenters. The lowest BCUT2D eigenvalue weighted by atomic mass is 9.72. The van der Waals surface area contributed by atoms with Crippen LogP contribution in [0.3, 0.4) is 0 Å². The van der Waals surface area contributed by atoms with Gasteiger partial charge in [-0.05, 0) is 207 Å². The Hall–Kier alpha value is -10.1. The summed E-state index contributed by atoms with van der Waals surface area (Å²) < 4.78 is 0. The highest BCUT2D eigenvalue weighted by Gasteiger charge is 2.53. The van der Waals surface area contributed by atoms with Crippen LogP contribution >= 0.6 is 0 Å². The van der Waals surface area contributed by atoms with Gasteiger partial charge >= 0.3 is 0 Å². The van der Waals surface area contributed by atoms with Gasteiger partial charge in [-0.1, -0.05) is 268 Å². The van der Waals surface area contributed by atoms with Gasteiger partial charge in [0, 0.05) is 22.2 Å². The Morgan fingerprint density at radius 1 is 0.239 bits per heavy atom. The molecular formula is C88H70N2Si2. The minimum absolute atomic E-state index is 0.284. The zero-order chi connectivity index (χ0) is 62.2. The number of hydrogen-bond acceptors (Lipinski definition) is 2. The van der Waals surface area contributed by atoms with Gasteiger partial charge in [-0.25, -0.2) is 0 Å². The van der Waals surface area contributed by atoms with E-state index in [0.717, 1.165) is 11.4 Å². The zero-order valence-electron chi connectivity index (χ0n) is 53.5. The number of benzene rings is 14. The lowest BCUT2D eigenvalue weighted by Gasteiger charge is -2.43. The largest absolute Gasteiger partial charge is 0.310 e. The summed E-state index contributed by atoms with van der Waals surface area (Å²) in [4.78, 5) is 5.22. The monoisotopic (exact) mass is 1210 g/mol. The molecule has 4 heterocycles. The number of aryl methyl sites for hydroxylation is 4. The highest BCUT2D eigenvalue weighted by atomic mass is 28.3. The predicted octanol–water partition coefficient (Wildman–Crippen LogP) is 17.3. The van der Waals surface area contributed by atoms with Crippen molar-refractivity contribution in [3.05, 3.63) is 324 Å². The van der Waals surface area contributed by atoms with Gasteiger partial charge in [-0.2, -0.15) is 0 Å². The second kappa shape index (κ2) is 19.7. The van der Waals surface area contributed by atoms with Crippen LogP contribution in [0.5, 0.6) is 0 Å². The van der Waals surface area contributed by atoms with E-state index in [0.29, 0.717) is 0 Å². The van der Waals surface area contributed by atoms with E-state index in [4.69, 9.17) is 0 Å². The topological polar surface area (TPSA) is 6.48 Å². The number of hydrogen-bond donors (Lipinski definition) is 0. The summed E-state index contributed by atoms with van der Waals surface area (Å²) in [5.74, 6) is 0. The molecule has 4 heteroatoms. The first-order valence-electron chi connectivity index (χ1n) is 32.8.